The SMILES string of the molecule is CN(c1nc(SO)ncc1Cl)S(C)(C)C. The van der Waals surface area contributed by atoms with E-state index in [0.29, 0.717) is 28.0 Å². The smallest absolute Gasteiger partial charge is 0.217 e. The highest BCUT2D eigenvalue weighted by atomic mass is 35.5. The molecule has 0 fully saturated rings. The molecule has 7 heteroatoms. The second-order valence-electron chi connectivity index (χ2n) is 3.69. The van der Waals surface area contributed by atoms with Crippen molar-refractivity contribution < 1.29 is 4.55 Å². The summed E-state index contributed by atoms with van der Waals surface area (Å²) in [7, 11) is 1.00. The summed E-state index contributed by atoms with van der Waals surface area (Å²) in [6, 6.07) is 0. The van der Waals surface area contributed by atoms with Crippen LogP contribution in [0.25, 0.3) is 0 Å². The molecule has 0 saturated carbocycles. The van der Waals surface area contributed by atoms with E-state index in [1.54, 1.807) is 0 Å². The molecular formula is C8H14ClN3OS2. The Hall–Kier alpha value is -0.170. The fraction of sp³-hybridized carbons (Fsp3) is 0.500. The van der Waals surface area contributed by atoms with Crippen LogP contribution in [0.3, 0.4) is 0 Å². The molecule has 0 saturated heterocycles. The molecule has 0 aliphatic carbocycles. The van der Waals surface area contributed by atoms with E-state index in [2.05, 4.69) is 28.7 Å². The number of anilines is 1. The fourth-order valence-corrected chi connectivity index (χ4v) is 2.02. The molecule has 0 bridgehead atoms. The molecule has 0 spiro atoms. The normalized spacial score (nSPS) is 12.7. The highest BCUT2D eigenvalue weighted by Gasteiger charge is 2.17. The third-order valence-electron chi connectivity index (χ3n) is 1.90. The molecule has 1 N–H and O–H groups in total. The number of hydrogen-bond acceptors (Lipinski definition) is 5. The maximum Gasteiger partial charge on any atom is 0.217 e. The molecule has 0 aliphatic rings. The number of halogens is 1. The van der Waals surface area contributed by atoms with Crippen LogP contribution in [0.5, 0.6) is 0 Å². The van der Waals surface area contributed by atoms with Crippen molar-refractivity contribution in [2.24, 2.45) is 0 Å². The summed E-state index contributed by atoms with van der Waals surface area (Å²) in [5, 5.41) is 0.808. The maximum atomic E-state index is 8.87. The van der Waals surface area contributed by atoms with Gasteiger partial charge in [0.2, 0.25) is 5.16 Å². The van der Waals surface area contributed by atoms with E-state index in [9.17, 15) is 0 Å². The Labute approximate surface area is 101 Å². The number of nitrogens with zero attached hydrogens (tertiary/aromatic N) is 3. The summed E-state index contributed by atoms with van der Waals surface area (Å²) < 4.78 is 10.9. The number of hydrogen-bond donors (Lipinski definition) is 1. The molecule has 15 heavy (non-hydrogen) atoms. The first-order valence-corrected chi connectivity index (χ1v) is 8.09. The van der Waals surface area contributed by atoms with E-state index in [-0.39, 0.29) is 0 Å². The van der Waals surface area contributed by atoms with Gasteiger partial charge in [0.1, 0.15) is 5.02 Å². The van der Waals surface area contributed by atoms with Gasteiger partial charge in [-0.25, -0.2) is 9.97 Å². The molecule has 0 radical (unpaired) electrons. The highest BCUT2D eigenvalue weighted by molar-refractivity contribution is 8.33. The predicted molar refractivity (Wildman–Crippen MR) is 69.3 cm³/mol. The first kappa shape index (κ1) is 12.9. The Bertz CT molecular complexity index is 356. The number of aromatic nitrogens is 2. The molecule has 4 nitrogen and oxygen atoms in total. The second kappa shape index (κ2) is 4.78. The lowest BCUT2D eigenvalue weighted by Crippen LogP contribution is -2.22. The van der Waals surface area contributed by atoms with Crippen molar-refractivity contribution in [2.75, 3.05) is 30.1 Å². The van der Waals surface area contributed by atoms with E-state index in [1.807, 2.05) is 11.4 Å². The van der Waals surface area contributed by atoms with Crippen LogP contribution in [-0.2, 0) is 0 Å². The summed E-state index contributed by atoms with van der Waals surface area (Å²) in [5.41, 5.74) is 0. The molecule has 0 amide bonds. The van der Waals surface area contributed by atoms with Gasteiger partial charge < -0.3 is 8.86 Å². The zero-order valence-electron chi connectivity index (χ0n) is 9.06. The van der Waals surface area contributed by atoms with Gasteiger partial charge in [-0.05, 0) is 18.8 Å². The van der Waals surface area contributed by atoms with E-state index in [0.717, 1.165) is 0 Å². The summed E-state index contributed by atoms with van der Waals surface area (Å²) in [4.78, 5) is 8.05. The fourth-order valence-electron chi connectivity index (χ4n) is 0.867. The minimum Gasteiger partial charge on any atom is -0.323 e. The Kier molecular flexibility index (Phi) is 4.11. The van der Waals surface area contributed by atoms with Crippen molar-refractivity contribution in [3.63, 3.8) is 0 Å². The topological polar surface area (TPSA) is 49.2 Å². The third-order valence-corrected chi connectivity index (χ3v) is 4.35. The van der Waals surface area contributed by atoms with Crippen LogP contribution in [0.1, 0.15) is 0 Å². The minimum atomic E-state index is -0.936. The molecule has 0 aromatic carbocycles. The van der Waals surface area contributed by atoms with Crippen molar-refractivity contribution in [1.82, 2.24) is 9.97 Å². The molecule has 86 valence electrons. The second-order valence-corrected chi connectivity index (χ2v) is 8.73. The Morgan fingerprint density at radius 2 is 2.07 bits per heavy atom. The molecule has 0 atom stereocenters. The standard InChI is InChI=1S/C8H14ClN3OS2/c1-12(15(2,3)4)7-6(9)5-10-8(11-7)14-13/h5,13H,1-4H3. The zero-order chi connectivity index (χ0) is 11.6. The van der Waals surface area contributed by atoms with Gasteiger partial charge >= 0.3 is 0 Å². The van der Waals surface area contributed by atoms with E-state index in [1.165, 1.54) is 6.20 Å². The van der Waals surface area contributed by atoms with Crippen LogP contribution in [-0.4, -0.2) is 40.3 Å². The largest absolute Gasteiger partial charge is 0.323 e. The molecule has 1 heterocycles. The molecule has 1 aromatic heterocycles. The van der Waals surface area contributed by atoms with Gasteiger partial charge in [-0.2, -0.15) is 10.2 Å². The van der Waals surface area contributed by atoms with Gasteiger partial charge in [0.15, 0.2) is 5.82 Å². The molecular weight excluding hydrogens is 254 g/mol. The lowest BCUT2D eigenvalue weighted by molar-refractivity contribution is 0.654. The summed E-state index contributed by atoms with van der Waals surface area (Å²) in [5.74, 6) is 0.658. The van der Waals surface area contributed by atoms with Crippen molar-refractivity contribution in [3.8, 4) is 0 Å². The van der Waals surface area contributed by atoms with Crippen LogP contribution in [0, 0.1) is 0 Å². The van der Waals surface area contributed by atoms with Gasteiger partial charge in [0.05, 0.1) is 18.2 Å². The Balaban J connectivity index is 3.12. The van der Waals surface area contributed by atoms with E-state index < -0.39 is 10.2 Å². The average Bonchev–Trinajstić information content (AvgIpc) is 2.16. The monoisotopic (exact) mass is 267 g/mol. The third kappa shape index (κ3) is 3.14. The van der Waals surface area contributed by atoms with Crippen LogP contribution in [0.15, 0.2) is 11.4 Å². The van der Waals surface area contributed by atoms with Gasteiger partial charge in [0.25, 0.3) is 0 Å². The first-order chi connectivity index (χ1) is 6.86. The maximum absolute atomic E-state index is 8.87. The van der Waals surface area contributed by atoms with Crippen LogP contribution in [0.4, 0.5) is 5.82 Å². The zero-order valence-corrected chi connectivity index (χ0v) is 11.4. The Morgan fingerprint density at radius 1 is 1.47 bits per heavy atom. The Morgan fingerprint density at radius 3 is 2.53 bits per heavy atom. The highest BCUT2D eigenvalue weighted by Crippen LogP contribution is 2.43. The summed E-state index contributed by atoms with van der Waals surface area (Å²) >= 11 is 6.53. The summed E-state index contributed by atoms with van der Waals surface area (Å²) in [6.07, 6.45) is 7.91. The molecule has 0 unspecified atom stereocenters. The first-order valence-electron chi connectivity index (χ1n) is 4.12. The van der Waals surface area contributed by atoms with Gasteiger partial charge in [-0.3, -0.25) is 0 Å². The lowest BCUT2D eigenvalue weighted by atomic mass is 10.6. The van der Waals surface area contributed by atoms with Gasteiger partial charge in [0, 0.05) is 7.05 Å². The van der Waals surface area contributed by atoms with Crippen molar-refractivity contribution >= 4 is 39.7 Å². The predicted octanol–water partition coefficient (Wildman–Crippen LogP) is 2.74. The minimum absolute atomic E-state index is 0.310. The summed E-state index contributed by atoms with van der Waals surface area (Å²) in [6.45, 7) is 0. The number of rotatable bonds is 3. The van der Waals surface area contributed by atoms with Gasteiger partial charge in [-0.1, -0.05) is 11.6 Å². The van der Waals surface area contributed by atoms with E-state index >= 15 is 0 Å². The quantitative estimate of drug-likeness (QED) is 0.674. The van der Waals surface area contributed by atoms with Crippen molar-refractivity contribution in [3.05, 3.63) is 11.2 Å². The van der Waals surface area contributed by atoms with Gasteiger partial charge in [-0.15, -0.1) is 0 Å². The molecule has 1 aromatic rings. The van der Waals surface area contributed by atoms with Crippen molar-refractivity contribution in [2.45, 2.75) is 5.16 Å². The van der Waals surface area contributed by atoms with Crippen LogP contribution < -0.4 is 4.31 Å². The van der Waals surface area contributed by atoms with Crippen molar-refractivity contribution in [1.29, 1.82) is 0 Å². The van der Waals surface area contributed by atoms with E-state index in [4.69, 9.17) is 16.2 Å². The van der Waals surface area contributed by atoms with Crippen LogP contribution >= 0.6 is 33.9 Å². The average molecular weight is 268 g/mol. The molecule has 1 rings (SSSR count). The van der Waals surface area contributed by atoms with Crippen LogP contribution in [0.2, 0.25) is 5.02 Å². The molecule has 0 aliphatic heterocycles. The lowest BCUT2D eigenvalue weighted by Gasteiger charge is -2.38.